The minimum atomic E-state index is -4.23. The standard InChI is InChI=1S/C15H18N2O5S/c1-10-3-5-12(6-4-10)22-15(23(17,19)20)8-7-11(9-13(15)16)14(18)21-2/h3-9,13H,16H2,1-2H3,(H2,17,19,20). The van der Waals surface area contributed by atoms with Gasteiger partial charge in [-0.05, 0) is 37.3 Å². The molecule has 0 spiro atoms. The number of primary sulfonamides is 1. The second-order valence-corrected chi connectivity index (χ2v) is 6.88. The molecular formula is C15H18N2O5S. The number of carbonyl (C=O) groups is 1. The lowest BCUT2D eigenvalue weighted by Gasteiger charge is -2.35. The van der Waals surface area contributed by atoms with Crippen LogP contribution in [0.2, 0.25) is 0 Å². The number of benzene rings is 1. The van der Waals surface area contributed by atoms with E-state index in [1.165, 1.54) is 25.3 Å². The third kappa shape index (κ3) is 3.29. The van der Waals surface area contributed by atoms with Crippen molar-refractivity contribution in [1.29, 1.82) is 0 Å². The van der Waals surface area contributed by atoms with Gasteiger partial charge in [-0.15, -0.1) is 0 Å². The Hall–Kier alpha value is -2.16. The van der Waals surface area contributed by atoms with Gasteiger partial charge in [0.25, 0.3) is 15.0 Å². The zero-order valence-corrected chi connectivity index (χ0v) is 13.5. The van der Waals surface area contributed by atoms with Crippen LogP contribution in [0, 0.1) is 6.92 Å². The summed E-state index contributed by atoms with van der Waals surface area (Å²) >= 11 is 0. The molecule has 8 heteroatoms. The van der Waals surface area contributed by atoms with Crippen molar-refractivity contribution in [3.8, 4) is 5.75 Å². The van der Waals surface area contributed by atoms with Gasteiger partial charge in [-0.3, -0.25) is 0 Å². The van der Waals surface area contributed by atoms with Gasteiger partial charge in [0, 0.05) is 0 Å². The zero-order chi connectivity index (χ0) is 17.3. The van der Waals surface area contributed by atoms with Crippen LogP contribution in [0.3, 0.4) is 0 Å². The zero-order valence-electron chi connectivity index (χ0n) is 12.7. The number of hydrogen-bond donors (Lipinski definition) is 2. The molecule has 2 atom stereocenters. The van der Waals surface area contributed by atoms with Crippen LogP contribution in [0.25, 0.3) is 0 Å². The molecule has 1 aromatic rings. The molecule has 1 aromatic carbocycles. The number of nitrogens with two attached hydrogens (primary N) is 2. The number of carbonyl (C=O) groups excluding carboxylic acids is 1. The quantitative estimate of drug-likeness (QED) is 0.764. The average Bonchev–Trinajstić information content (AvgIpc) is 2.49. The highest BCUT2D eigenvalue weighted by atomic mass is 32.2. The van der Waals surface area contributed by atoms with Gasteiger partial charge in [0.1, 0.15) is 5.75 Å². The predicted octanol–water partition coefficient (Wildman–Crippen LogP) is 0.355. The number of ether oxygens (including phenoxy) is 2. The van der Waals surface area contributed by atoms with Crippen LogP contribution in [0.5, 0.6) is 5.75 Å². The van der Waals surface area contributed by atoms with E-state index in [1.807, 2.05) is 6.92 Å². The minimum Gasteiger partial charge on any atom is -0.465 e. The third-order valence-corrected chi connectivity index (χ3v) is 4.86. The van der Waals surface area contributed by atoms with Gasteiger partial charge in [0.05, 0.1) is 18.7 Å². The smallest absolute Gasteiger partial charge is 0.337 e. The highest BCUT2D eigenvalue weighted by molar-refractivity contribution is 7.90. The number of sulfonamides is 1. The van der Waals surface area contributed by atoms with Crippen molar-refractivity contribution >= 4 is 16.0 Å². The molecule has 0 bridgehead atoms. The van der Waals surface area contributed by atoms with Crippen LogP contribution < -0.4 is 15.6 Å². The second kappa shape index (κ2) is 6.15. The van der Waals surface area contributed by atoms with Crippen molar-refractivity contribution in [3.05, 3.63) is 53.6 Å². The first kappa shape index (κ1) is 17.2. The molecule has 2 rings (SSSR count). The van der Waals surface area contributed by atoms with Gasteiger partial charge in [-0.1, -0.05) is 17.7 Å². The summed E-state index contributed by atoms with van der Waals surface area (Å²) in [6.07, 6.45) is 3.69. The fourth-order valence-electron chi connectivity index (χ4n) is 2.17. The largest absolute Gasteiger partial charge is 0.465 e. The summed E-state index contributed by atoms with van der Waals surface area (Å²) in [5.74, 6) is -0.338. The van der Waals surface area contributed by atoms with Crippen molar-refractivity contribution in [1.82, 2.24) is 0 Å². The van der Waals surface area contributed by atoms with E-state index in [1.54, 1.807) is 24.3 Å². The van der Waals surface area contributed by atoms with E-state index in [4.69, 9.17) is 15.6 Å². The van der Waals surface area contributed by atoms with E-state index < -0.39 is 27.0 Å². The lowest BCUT2D eigenvalue weighted by atomic mass is 10.00. The maximum Gasteiger partial charge on any atom is 0.337 e. The average molecular weight is 338 g/mol. The van der Waals surface area contributed by atoms with E-state index in [2.05, 4.69) is 4.74 Å². The first-order chi connectivity index (χ1) is 10.7. The van der Waals surface area contributed by atoms with Gasteiger partial charge in [-0.25, -0.2) is 18.4 Å². The maximum absolute atomic E-state index is 12.1. The van der Waals surface area contributed by atoms with Crippen molar-refractivity contribution < 1.29 is 22.7 Å². The summed E-state index contributed by atoms with van der Waals surface area (Å²) in [4.78, 5) is 9.55. The Morgan fingerprint density at radius 1 is 1.26 bits per heavy atom. The molecule has 0 aliphatic heterocycles. The third-order valence-electron chi connectivity index (χ3n) is 3.48. The van der Waals surface area contributed by atoms with Gasteiger partial charge < -0.3 is 15.2 Å². The summed E-state index contributed by atoms with van der Waals surface area (Å²) < 4.78 is 34.4. The summed E-state index contributed by atoms with van der Waals surface area (Å²) in [6.45, 7) is 1.89. The number of hydrogen-bond acceptors (Lipinski definition) is 6. The molecular weight excluding hydrogens is 320 g/mol. The van der Waals surface area contributed by atoms with Crippen LogP contribution in [-0.2, 0) is 19.6 Å². The molecule has 7 nitrogen and oxygen atoms in total. The Kier molecular flexibility index (Phi) is 4.60. The van der Waals surface area contributed by atoms with Crippen molar-refractivity contribution in [2.45, 2.75) is 17.9 Å². The van der Waals surface area contributed by atoms with Gasteiger partial charge in [0.15, 0.2) is 0 Å². The predicted molar refractivity (Wildman–Crippen MR) is 84.9 cm³/mol. The summed E-state index contributed by atoms with van der Waals surface area (Å²) in [5.41, 5.74) is 7.06. The minimum absolute atomic E-state index is 0.131. The highest BCUT2D eigenvalue weighted by Gasteiger charge is 2.49. The lowest BCUT2D eigenvalue weighted by molar-refractivity contribution is -0.135. The van der Waals surface area contributed by atoms with Gasteiger partial charge in [0.2, 0.25) is 0 Å². The molecule has 1 aliphatic carbocycles. The Morgan fingerprint density at radius 3 is 2.35 bits per heavy atom. The number of esters is 1. The molecule has 0 saturated carbocycles. The first-order valence-electron chi connectivity index (χ1n) is 6.72. The fourth-order valence-corrected chi connectivity index (χ4v) is 3.09. The Labute approximate surface area is 134 Å². The Balaban J connectivity index is 2.44. The van der Waals surface area contributed by atoms with Crippen LogP contribution in [0.15, 0.2) is 48.1 Å². The van der Waals surface area contributed by atoms with Crippen molar-refractivity contribution in [3.63, 3.8) is 0 Å². The van der Waals surface area contributed by atoms with Crippen molar-refractivity contribution in [2.24, 2.45) is 10.9 Å². The first-order valence-corrected chi connectivity index (χ1v) is 8.27. The van der Waals surface area contributed by atoms with E-state index >= 15 is 0 Å². The molecule has 0 fully saturated rings. The Morgan fingerprint density at radius 2 is 1.87 bits per heavy atom. The van der Waals surface area contributed by atoms with E-state index in [9.17, 15) is 13.2 Å². The molecule has 0 amide bonds. The Bertz CT molecular complexity index is 768. The summed E-state index contributed by atoms with van der Waals surface area (Å²) in [5, 5.41) is 5.34. The molecule has 124 valence electrons. The van der Waals surface area contributed by atoms with E-state index in [-0.39, 0.29) is 5.57 Å². The molecule has 2 unspecified atom stereocenters. The molecule has 1 aliphatic rings. The van der Waals surface area contributed by atoms with Crippen LogP contribution >= 0.6 is 0 Å². The molecule has 0 radical (unpaired) electrons. The SMILES string of the molecule is COC(=O)C1=CC(N)C(Oc2ccc(C)cc2)(S(N)(=O)=O)C=C1. The summed E-state index contributed by atoms with van der Waals surface area (Å²) in [7, 11) is -3.02. The molecule has 4 N–H and O–H groups in total. The van der Waals surface area contributed by atoms with Crippen LogP contribution in [0.4, 0.5) is 0 Å². The highest BCUT2D eigenvalue weighted by Crippen LogP contribution is 2.31. The molecule has 0 heterocycles. The normalized spacial score (nSPS) is 24.0. The van der Waals surface area contributed by atoms with E-state index in [0.29, 0.717) is 5.75 Å². The lowest BCUT2D eigenvalue weighted by Crippen LogP contribution is -2.59. The maximum atomic E-state index is 12.1. The number of aryl methyl sites for hydroxylation is 1. The second-order valence-electron chi connectivity index (χ2n) is 5.15. The fraction of sp³-hybridized carbons (Fsp3) is 0.267. The monoisotopic (exact) mass is 338 g/mol. The van der Waals surface area contributed by atoms with E-state index in [0.717, 1.165) is 5.56 Å². The summed E-state index contributed by atoms with van der Waals surface area (Å²) in [6, 6.07) is 5.57. The van der Waals surface area contributed by atoms with Gasteiger partial charge >= 0.3 is 5.97 Å². The molecule has 23 heavy (non-hydrogen) atoms. The van der Waals surface area contributed by atoms with Crippen molar-refractivity contribution in [2.75, 3.05) is 7.11 Å². The molecule has 0 aromatic heterocycles. The van der Waals surface area contributed by atoms with Crippen LogP contribution in [0.1, 0.15) is 5.56 Å². The molecule has 0 saturated heterocycles. The topological polar surface area (TPSA) is 122 Å². The number of methoxy groups -OCH3 is 1. The van der Waals surface area contributed by atoms with Crippen LogP contribution in [-0.4, -0.2) is 32.5 Å². The van der Waals surface area contributed by atoms with Gasteiger partial charge in [-0.2, -0.15) is 0 Å². The number of rotatable bonds is 4.